The van der Waals surface area contributed by atoms with Gasteiger partial charge in [0.15, 0.2) is 6.10 Å². The van der Waals surface area contributed by atoms with Gasteiger partial charge in [-0.15, -0.1) is 0 Å². The Morgan fingerprint density at radius 2 is 1.79 bits per heavy atom. The van der Waals surface area contributed by atoms with Crippen molar-refractivity contribution < 1.29 is 35.7 Å². The topological polar surface area (TPSA) is 80.7 Å². The molecule has 1 rings (SSSR count). The van der Waals surface area contributed by atoms with Crippen molar-refractivity contribution in [3.8, 4) is 0 Å². The van der Waals surface area contributed by atoms with E-state index in [2.05, 4.69) is 4.18 Å². The van der Waals surface area contributed by atoms with Crippen molar-refractivity contribution in [1.29, 1.82) is 0 Å². The Hall–Kier alpha value is -1.61. The molecule has 0 fully saturated rings. The van der Waals surface area contributed by atoms with E-state index >= 15 is 0 Å². The number of hydrogen-bond acceptors (Lipinski definition) is 4. The van der Waals surface area contributed by atoms with E-state index in [-0.39, 0.29) is 0 Å². The maximum atomic E-state index is 12.1. The van der Waals surface area contributed by atoms with Crippen molar-refractivity contribution in [2.45, 2.75) is 18.0 Å². The van der Waals surface area contributed by atoms with Crippen molar-refractivity contribution >= 4 is 16.1 Å². The smallest absolute Gasteiger partial charge is 0.479 e. The first-order valence-corrected chi connectivity index (χ1v) is 6.30. The van der Waals surface area contributed by atoms with E-state index in [0.29, 0.717) is 5.56 Å². The number of carbonyl (C=O) groups is 1. The summed E-state index contributed by atoms with van der Waals surface area (Å²) in [5.41, 5.74) is -5.32. The van der Waals surface area contributed by atoms with Gasteiger partial charge in [-0.2, -0.15) is 21.6 Å². The van der Waals surface area contributed by atoms with Crippen LogP contribution in [-0.2, 0) is 25.5 Å². The van der Waals surface area contributed by atoms with E-state index in [1.807, 2.05) is 0 Å². The van der Waals surface area contributed by atoms with E-state index in [1.165, 1.54) is 24.3 Å². The van der Waals surface area contributed by atoms with Crippen LogP contribution in [0.2, 0.25) is 0 Å². The second-order valence-electron chi connectivity index (χ2n) is 3.51. The molecule has 0 radical (unpaired) electrons. The van der Waals surface area contributed by atoms with Crippen LogP contribution in [0.4, 0.5) is 13.2 Å². The summed E-state index contributed by atoms with van der Waals surface area (Å²) < 4.78 is 61.5. The molecule has 0 heterocycles. The predicted octanol–water partition coefficient (Wildman–Crippen LogP) is 1.55. The Morgan fingerprint density at radius 3 is 2.21 bits per heavy atom. The van der Waals surface area contributed by atoms with Gasteiger partial charge in [-0.3, -0.25) is 0 Å². The van der Waals surface area contributed by atoms with Gasteiger partial charge in [0.1, 0.15) is 0 Å². The molecule has 0 aromatic heterocycles. The number of hydrogen-bond donors (Lipinski definition) is 1. The third kappa shape index (κ3) is 4.21. The zero-order chi connectivity index (χ0) is 14.7. The molecule has 0 amide bonds. The van der Waals surface area contributed by atoms with Crippen LogP contribution in [0.25, 0.3) is 0 Å². The minimum Gasteiger partial charge on any atom is -0.479 e. The molecule has 0 bridgehead atoms. The number of benzene rings is 1. The zero-order valence-corrected chi connectivity index (χ0v) is 10.1. The molecule has 0 aliphatic heterocycles. The van der Waals surface area contributed by atoms with Gasteiger partial charge in [-0.25, -0.2) is 8.98 Å². The van der Waals surface area contributed by atoms with E-state index in [0.717, 1.165) is 0 Å². The molecule has 5 nitrogen and oxygen atoms in total. The summed E-state index contributed by atoms with van der Waals surface area (Å²) in [5.74, 6) is -1.79. The zero-order valence-electron chi connectivity index (χ0n) is 9.29. The van der Waals surface area contributed by atoms with Crippen molar-refractivity contribution in [2.24, 2.45) is 0 Å². The Bertz CT molecular complexity index is 538. The number of alkyl halides is 3. The maximum Gasteiger partial charge on any atom is 0.523 e. The van der Waals surface area contributed by atoms with Gasteiger partial charge < -0.3 is 5.11 Å². The van der Waals surface area contributed by atoms with Gasteiger partial charge in [0.05, 0.1) is 0 Å². The average molecular weight is 298 g/mol. The first-order chi connectivity index (χ1) is 8.63. The Kier molecular flexibility index (Phi) is 4.53. The molecule has 19 heavy (non-hydrogen) atoms. The summed E-state index contributed by atoms with van der Waals surface area (Å²) in [6, 6.07) is 7.57. The summed E-state index contributed by atoms with van der Waals surface area (Å²) in [4.78, 5) is 10.8. The Morgan fingerprint density at radius 1 is 1.26 bits per heavy atom. The van der Waals surface area contributed by atoms with Crippen LogP contribution >= 0.6 is 0 Å². The van der Waals surface area contributed by atoms with E-state index in [9.17, 15) is 26.4 Å². The molecule has 106 valence electrons. The van der Waals surface area contributed by atoms with Crippen molar-refractivity contribution in [1.82, 2.24) is 0 Å². The van der Waals surface area contributed by atoms with Crippen molar-refractivity contribution in [3.63, 3.8) is 0 Å². The van der Waals surface area contributed by atoms with Crippen LogP contribution in [-0.4, -0.2) is 31.1 Å². The lowest BCUT2D eigenvalue weighted by Crippen LogP contribution is -2.35. The van der Waals surface area contributed by atoms with Gasteiger partial charge >= 0.3 is 21.6 Å². The van der Waals surface area contributed by atoms with Crippen LogP contribution < -0.4 is 0 Å². The molecule has 9 heteroatoms. The normalized spacial score (nSPS) is 14.1. The molecular weight excluding hydrogens is 289 g/mol. The van der Waals surface area contributed by atoms with Crippen LogP contribution in [0.5, 0.6) is 0 Å². The number of carboxylic acid groups (broad SMARTS) is 1. The van der Waals surface area contributed by atoms with Gasteiger partial charge in [0.25, 0.3) is 0 Å². The third-order valence-corrected chi connectivity index (χ3v) is 3.12. The fourth-order valence-corrected chi connectivity index (χ4v) is 1.76. The molecule has 0 spiro atoms. The summed E-state index contributed by atoms with van der Waals surface area (Å²) in [6.45, 7) is 0. The standard InChI is InChI=1S/C10H9F3O5S/c11-10(12,13)19(16,17)18-8(9(14)15)6-7-4-2-1-3-5-7/h1-5,8H,6H2,(H,14,15). The van der Waals surface area contributed by atoms with Crippen LogP contribution in [0, 0.1) is 0 Å². The third-order valence-electron chi connectivity index (χ3n) is 2.07. The highest BCUT2D eigenvalue weighted by Crippen LogP contribution is 2.26. The van der Waals surface area contributed by atoms with Gasteiger partial charge in [-0.05, 0) is 5.56 Å². The fourth-order valence-electron chi connectivity index (χ4n) is 1.20. The summed E-state index contributed by atoms with van der Waals surface area (Å²) >= 11 is 0. The first kappa shape index (κ1) is 15.4. The molecule has 1 atom stereocenters. The average Bonchev–Trinajstić information content (AvgIpc) is 2.27. The number of halogens is 3. The van der Waals surface area contributed by atoms with E-state index < -0.39 is 34.1 Å². The maximum absolute atomic E-state index is 12.1. The summed E-state index contributed by atoms with van der Waals surface area (Å²) in [7, 11) is -5.94. The molecule has 1 N–H and O–H groups in total. The second-order valence-corrected chi connectivity index (χ2v) is 5.08. The van der Waals surface area contributed by atoms with Crippen LogP contribution in [0.15, 0.2) is 30.3 Å². The molecule has 1 aromatic rings. The minimum atomic E-state index is -5.94. The highest BCUT2D eigenvalue weighted by Gasteiger charge is 2.49. The Labute approximate surface area is 106 Å². The lowest BCUT2D eigenvalue weighted by atomic mass is 10.1. The van der Waals surface area contributed by atoms with E-state index in [1.54, 1.807) is 6.07 Å². The summed E-state index contributed by atoms with van der Waals surface area (Å²) in [5, 5.41) is 8.71. The van der Waals surface area contributed by atoms with E-state index in [4.69, 9.17) is 5.11 Å². The molecule has 1 unspecified atom stereocenters. The lowest BCUT2D eigenvalue weighted by molar-refractivity contribution is -0.145. The van der Waals surface area contributed by atoms with Crippen LogP contribution in [0.3, 0.4) is 0 Å². The fraction of sp³-hybridized carbons (Fsp3) is 0.300. The van der Waals surface area contributed by atoms with Gasteiger partial charge in [-0.1, -0.05) is 30.3 Å². The molecule has 1 aromatic carbocycles. The largest absolute Gasteiger partial charge is 0.523 e. The lowest BCUT2D eigenvalue weighted by Gasteiger charge is -2.14. The molecular formula is C10H9F3O5S. The number of aliphatic carboxylic acids is 1. The quantitative estimate of drug-likeness (QED) is 0.659. The monoisotopic (exact) mass is 298 g/mol. The number of carboxylic acids is 1. The highest BCUT2D eigenvalue weighted by atomic mass is 32.2. The summed E-state index contributed by atoms with van der Waals surface area (Å²) in [6.07, 6.45) is -2.63. The SMILES string of the molecule is O=C(O)C(Cc1ccccc1)OS(=O)(=O)C(F)(F)F. The molecule has 0 aliphatic rings. The number of rotatable bonds is 5. The first-order valence-electron chi connectivity index (χ1n) is 4.90. The highest BCUT2D eigenvalue weighted by molar-refractivity contribution is 7.87. The Balaban J connectivity index is 2.90. The molecule has 0 saturated heterocycles. The second kappa shape index (κ2) is 5.57. The van der Waals surface area contributed by atoms with Gasteiger partial charge in [0, 0.05) is 6.42 Å². The van der Waals surface area contributed by atoms with Crippen molar-refractivity contribution in [3.05, 3.63) is 35.9 Å². The van der Waals surface area contributed by atoms with Gasteiger partial charge in [0.2, 0.25) is 0 Å². The molecule has 0 saturated carbocycles. The molecule has 0 aliphatic carbocycles. The van der Waals surface area contributed by atoms with Crippen LogP contribution in [0.1, 0.15) is 5.56 Å². The van der Waals surface area contributed by atoms with Crippen molar-refractivity contribution in [2.75, 3.05) is 0 Å². The predicted molar refractivity (Wildman–Crippen MR) is 57.6 cm³/mol. The minimum absolute atomic E-state index is 0.340.